The molecular weight excluding hydrogens is 306 g/mol. The largest absolute Gasteiger partial charge is 0.344 e. The molecule has 0 radical (unpaired) electrons. The summed E-state index contributed by atoms with van der Waals surface area (Å²) >= 11 is 7.67. The highest BCUT2D eigenvalue weighted by Gasteiger charge is 2.14. The molecule has 0 aliphatic rings. The average Bonchev–Trinajstić information content (AvgIpc) is 2.92. The topological polar surface area (TPSA) is 38.1 Å². The first-order valence-electron chi connectivity index (χ1n) is 6.84. The van der Waals surface area contributed by atoms with Gasteiger partial charge in [0, 0.05) is 24.2 Å². The summed E-state index contributed by atoms with van der Waals surface area (Å²) in [6.45, 7) is 7.24. The number of hydrogen-bond acceptors (Lipinski definition) is 3. The Morgan fingerprint density at radius 3 is 2.67 bits per heavy atom. The Bertz CT molecular complexity index is 638. The zero-order chi connectivity index (χ0) is 15.4. The van der Waals surface area contributed by atoms with Crippen LogP contribution in [0.25, 0.3) is 0 Å². The number of carbonyl (C=O) groups excluding carboxylic acids is 1. The molecule has 0 saturated carbocycles. The second-order valence-corrected chi connectivity index (χ2v) is 6.06. The van der Waals surface area contributed by atoms with E-state index in [1.165, 1.54) is 16.4 Å². The molecule has 0 unspecified atom stereocenters. The van der Waals surface area contributed by atoms with Gasteiger partial charge in [0.1, 0.15) is 5.03 Å². The lowest BCUT2D eigenvalue weighted by Crippen LogP contribution is -2.34. The molecule has 1 amide bonds. The summed E-state index contributed by atoms with van der Waals surface area (Å²) in [4.78, 5) is 14.8. The van der Waals surface area contributed by atoms with Crippen LogP contribution in [0.4, 0.5) is 4.79 Å². The Labute approximate surface area is 134 Å². The summed E-state index contributed by atoms with van der Waals surface area (Å²) in [7, 11) is 0. The van der Waals surface area contributed by atoms with Gasteiger partial charge in [0.15, 0.2) is 0 Å². The molecule has 1 heterocycles. The predicted octanol–water partition coefficient (Wildman–Crippen LogP) is 4.31. The summed E-state index contributed by atoms with van der Waals surface area (Å²) in [6, 6.07) is 7.60. The fourth-order valence-corrected chi connectivity index (χ4v) is 3.03. The SMILES string of the molecule is CCN(CC)C(=O)n1ccc(Sc2ccc(C)cc2Cl)n1. The normalized spacial score (nSPS) is 10.7. The molecule has 1 aromatic heterocycles. The lowest BCUT2D eigenvalue weighted by molar-refractivity contribution is 0.201. The molecule has 0 fully saturated rings. The van der Waals surface area contributed by atoms with Gasteiger partial charge in [-0.3, -0.25) is 0 Å². The second kappa shape index (κ2) is 7.00. The third-order valence-electron chi connectivity index (χ3n) is 3.10. The van der Waals surface area contributed by atoms with Crippen LogP contribution < -0.4 is 0 Å². The van der Waals surface area contributed by atoms with E-state index in [2.05, 4.69) is 5.10 Å². The highest BCUT2D eigenvalue weighted by molar-refractivity contribution is 7.99. The molecule has 0 bridgehead atoms. The first-order chi connectivity index (χ1) is 10.0. The summed E-state index contributed by atoms with van der Waals surface area (Å²) in [6.07, 6.45) is 1.69. The van der Waals surface area contributed by atoms with Crippen molar-refractivity contribution in [3.05, 3.63) is 41.0 Å². The van der Waals surface area contributed by atoms with Crippen molar-refractivity contribution in [1.82, 2.24) is 14.7 Å². The maximum Gasteiger partial charge on any atom is 0.344 e. The lowest BCUT2D eigenvalue weighted by atomic mass is 10.2. The van der Waals surface area contributed by atoms with Gasteiger partial charge in [0.2, 0.25) is 0 Å². The molecular formula is C15H18ClN3OS. The van der Waals surface area contributed by atoms with Crippen LogP contribution >= 0.6 is 23.4 Å². The molecule has 0 saturated heterocycles. The summed E-state index contributed by atoms with van der Waals surface area (Å²) in [5.74, 6) is 0. The lowest BCUT2D eigenvalue weighted by Gasteiger charge is -2.17. The van der Waals surface area contributed by atoms with Crippen molar-refractivity contribution >= 4 is 29.4 Å². The smallest absolute Gasteiger partial charge is 0.323 e. The third kappa shape index (κ3) is 3.80. The van der Waals surface area contributed by atoms with Gasteiger partial charge in [-0.25, -0.2) is 4.79 Å². The number of nitrogens with zero attached hydrogens (tertiary/aromatic N) is 3. The number of benzene rings is 1. The van der Waals surface area contributed by atoms with E-state index in [0.29, 0.717) is 18.1 Å². The average molecular weight is 324 g/mol. The Kier molecular flexibility index (Phi) is 5.31. The fraction of sp³-hybridized carbons (Fsp3) is 0.333. The van der Waals surface area contributed by atoms with E-state index in [1.807, 2.05) is 45.0 Å². The highest BCUT2D eigenvalue weighted by atomic mass is 35.5. The van der Waals surface area contributed by atoms with Crippen LogP contribution in [0.5, 0.6) is 0 Å². The molecule has 21 heavy (non-hydrogen) atoms. The van der Waals surface area contributed by atoms with Gasteiger partial charge in [0.25, 0.3) is 0 Å². The van der Waals surface area contributed by atoms with Crippen LogP contribution in [-0.2, 0) is 0 Å². The van der Waals surface area contributed by atoms with Crippen molar-refractivity contribution in [2.24, 2.45) is 0 Å². The molecule has 1 aromatic carbocycles. The molecule has 0 spiro atoms. The maximum absolute atomic E-state index is 12.2. The number of aromatic nitrogens is 2. The number of rotatable bonds is 4. The van der Waals surface area contributed by atoms with Crippen LogP contribution in [0.1, 0.15) is 19.4 Å². The van der Waals surface area contributed by atoms with E-state index in [-0.39, 0.29) is 6.03 Å². The zero-order valence-electron chi connectivity index (χ0n) is 12.3. The quantitative estimate of drug-likeness (QED) is 0.841. The standard InChI is InChI=1S/C15H18ClN3OS/c1-4-18(5-2)15(20)19-9-8-14(17-19)21-13-7-6-11(3)10-12(13)16/h6-10H,4-5H2,1-3H3. The van der Waals surface area contributed by atoms with Crippen molar-refractivity contribution in [2.75, 3.05) is 13.1 Å². The van der Waals surface area contributed by atoms with Gasteiger partial charge >= 0.3 is 6.03 Å². The first-order valence-corrected chi connectivity index (χ1v) is 8.03. The van der Waals surface area contributed by atoms with Crippen LogP contribution in [-0.4, -0.2) is 33.8 Å². The number of carbonyl (C=O) groups is 1. The number of hydrogen-bond donors (Lipinski definition) is 0. The number of amides is 1. The van der Waals surface area contributed by atoms with E-state index in [1.54, 1.807) is 11.1 Å². The van der Waals surface area contributed by atoms with Crippen molar-refractivity contribution in [3.63, 3.8) is 0 Å². The number of aryl methyl sites for hydroxylation is 1. The Morgan fingerprint density at radius 2 is 2.05 bits per heavy atom. The van der Waals surface area contributed by atoms with E-state index in [0.717, 1.165) is 15.5 Å². The van der Waals surface area contributed by atoms with Crippen LogP contribution in [0.2, 0.25) is 5.02 Å². The van der Waals surface area contributed by atoms with Crippen LogP contribution in [0.15, 0.2) is 40.4 Å². The summed E-state index contributed by atoms with van der Waals surface area (Å²) in [5.41, 5.74) is 1.12. The molecule has 0 aliphatic heterocycles. The van der Waals surface area contributed by atoms with Gasteiger partial charge < -0.3 is 4.90 Å². The molecule has 2 rings (SSSR count). The molecule has 0 atom stereocenters. The van der Waals surface area contributed by atoms with Crippen molar-refractivity contribution in [3.8, 4) is 0 Å². The highest BCUT2D eigenvalue weighted by Crippen LogP contribution is 2.32. The van der Waals surface area contributed by atoms with Gasteiger partial charge in [-0.1, -0.05) is 29.4 Å². The van der Waals surface area contributed by atoms with E-state index >= 15 is 0 Å². The first kappa shape index (κ1) is 15.9. The molecule has 0 aliphatic carbocycles. The Morgan fingerprint density at radius 1 is 1.33 bits per heavy atom. The van der Waals surface area contributed by atoms with E-state index in [4.69, 9.17) is 11.6 Å². The monoisotopic (exact) mass is 323 g/mol. The van der Waals surface area contributed by atoms with Crippen molar-refractivity contribution < 1.29 is 4.79 Å². The Hall–Kier alpha value is -1.46. The minimum atomic E-state index is -0.109. The van der Waals surface area contributed by atoms with Gasteiger partial charge in [-0.05, 0) is 44.5 Å². The summed E-state index contributed by atoms with van der Waals surface area (Å²) < 4.78 is 1.37. The fourth-order valence-electron chi connectivity index (χ4n) is 1.91. The summed E-state index contributed by atoms with van der Waals surface area (Å²) in [5, 5.41) is 5.77. The maximum atomic E-state index is 12.2. The molecule has 2 aromatic rings. The molecule has 0 N–H and O–H groups in total. The van der Waals surface area contributed by atoms with Crippen molar-refractivity contribution in [1.29, 1.82) is 0 Å². The van der Waals surface area contributed by atoms with E-state index < -0.39 is 0 Å². The molecule has 112 valence electrons. The van der Waals surface area contributed by atoms with Crippen LogP contribution in [0, 0.1) is 6.92 Å². The minimum Gasteiger partial charge on any atom is -0.323 e. The van der Waals surface area contributed by atoms with Crippen LogP contribution in [0.3, 0.4) is 0 Å². The van der Waals surface area contributed by atoms with Gasteiger partial charge in [-0.2, -0.15) is 9.78 Å². The van der Waals surface area contributed by atoms with E-state index in [9.17, 15) is 4.79 Å². The zero-order valence-corrected chi connectivity index (χ0v) is 13.9. The predicted molar refractivity (Wildman–Crippen MR) is 86.3 cm³/mol. The van der Waals surface area contributed by atoms with Crippen molar-refractivity contribution in [2.45, 2.75) is 30.7 Å². The van der Waals surface area contributed by atoms with Gasteiger partial charge in [0.05, 0.1) is 5.02 Å². The second-order valence-electron chi connectivity index (χ2n) is 4.59. The van der Waals surface area contributed by atoms with Gasteiger partial charge in [-0.15, -0.1) is 0 Å². The third-order valence-corrected chi connectivity index (χ3v) is 4.52. The molecule has 6 heteroatoms. The minimum absolute atomic E-state index is 0.109. The number of halogens is 1. The molecule has 4 nitrogen and oxygen atoms in total. The Balaban J connectivity index is 2.15.